The van der Waals surface area contributed by atoms with Crippen LogP contribution in [0.5, 0.6) is 0 Å². The molecule has 0 spiro atoms. The van der Waals surface area contributed by atoms with Gasteiger partial charge in [0.2, 0.25) is 11.4 Å². The molecule has 0 N–H and O–H groups in total. The Kier molecular flexibility index (Phi) is 4.23. The van der Waals surface area contributed by atoms with Gasteiger partial charge >= 0.3 is 0 Å². The van der Waals surface area contributed by atoms with Gasteiger partial charge in [-0.1, -0.05) is 97.1 Å². The lowest BCUT2D eigenvalue weighted by atomic mass is 9.98. The van der Waals surface area contributed by atoms with Gasteiger partial charge in [0.05, 0.1) is 16.5 Å². The van der Waals surface area contributed by atoms with Gasteiger partial charge in [-0.3, -0.25) is 0 Å². The molecule has 0 fully saturated rings. The Morgan fingerprint density at radius 1 is 0.405 bits per heavy atom. The molecule has 8 aromatic rings. The van der Waals surface area contributed by atoms with Crippen LogP contribution in [0, 0.1) is 0 Å². The van der Waals surface area contributed by atoms with Crippen molar-refractivity contribution in [2.75, 3.05) is 0 Å². The summed E-state index contributed by atoms with van der Waals surface area (Å²) in [7, 11) is 0. The summed E-state index contributed by atoms with van der Waals surface area (Å²) in [6.45, 7) is 0. The van der Waals surface area contributed by atoms with Gasteiger partial charge in [0.25, 0.3) is 0 Å². The van der Waals surface area contributed by atoms with Crippen LogP contribution in [0.3, 0.4) is 0 Å². The van der Waals surface area contributed by atoms with Gasteiger partial charge < -0.3 is 8.83 Å². The summed E-state index contributed by atoms with van der Waals surface area (Å²) in [5, 5.41) is 4.36. The largest absolute Gasteiger partial charge is 0.439 e. The lowest BCUT2D eigenvalue weighted by molar-refractivity contribution is 0.615. The van der Waals surface area contributed by atoms with Crippen LogP contribution in [0.25, 0.3) is 72.1 Å². The van der Waals surface area contributed by atoms with Crippen LogP contribution >= 0.6 is 0 Å². The summed E-state index contributed by atoms with van der Waals surface area (Å²) < 4.78 is 15.2. The van der Waals surface area contributed by atoms with E-state index >= 15 is 0 Å². The molecule has 0 saturated carbocycles. The van der Waals surface area contributed by atoms with E-state index in [1.54, 1.807) is 0 Å². The zero-order valence-corrected chi connectivity index (χ0v) is 19.9. The first kappa shape index (κ1) is 20.2. The van der Waals surface area contributed by atoms with E-state index in [-0.39, 0.29) is 0 Å². The Hall–Kier alpha value is -5.02. The molecule has 5 aromatic carbocycles. The van der Waals surface area contributed by atoms with Gasteiger partial charge in [-0.25, -0.2) is 4.57 Å². The average molecular weight is 476 g/mol. The predicted octanol–water partition coefficient (Wildman–Crippen LogP) is 9.61. The number of hydrogen-bond donors (Lipinski definition) is 0. The molecule has 0 saturated heterocycles. The molecule has 37 heavy (non-hydrogen) atoms. The normalized spacial score (nSPS) is 11.8. The number of furan rings is 2. The second kappa shape index (κ2) is 7.74. The van der Waals surface area contributed by atoms with Crippen molar-refractivity contribution in [3.8, 4) is 27.9 Å². The van der Waals surface area contributed by atoms with Crippen molar-refractivity contribution in [3.63, 3.8) is 0 Å². The number of nitrogens with zero attached hydrogens (tertiary/aromatic N) is 1. The van der Waals surface area contributed by atoms with Gasteiger partial charge in [0.15, 0.2) is 0 Å². The van der Waals surface area contributed by atoms with Crippen LogP contribution in [0.4, 0.5) is 0 Å². The molecule has 174 valence electrons. The van der Waals surface area contributed by atoms with E-state index in [2.05, 4.69) is 95.6 Å². The van der Waals surface area contributed by atoms with E-state index in [0.29, 0.717) is 0 Å². The van der Waals surface area contributed by atoms with Crippen molar-refractivity contribution in [2.24, 2.45) is 0 Å². The first-order valence-electron chi connectivity index (χ1n) is 12.4. The molecule has 0 radical (unpaired) electrons. The maximum Gasteiger partial charge on any atom is 0.216 e. The molecule has 3 nitrogen and oxygen atoms in total. The molecule has 3 heterocycles. The van der Waals surface area contributed by atoms with Crippen molar-refractivity contribution in [3.05, 3.63) is 127 Å². The lowest BCUT2D eigenvalue weighted by Crippen LogP contribution is -1.95. The van der Waals surface area contributed by atoms with Gasteiger partial charge in [-0.15, -0.1) is 0 Å². The summed E-state index contributed by atoms with van der Waals surface area (Å²) in [5.41, 5.74) is 8.93. The van der Waals surface area contributed by atoms with Gasteiger partial charge in [-0.2, -0.15) is 0 Å². The number of benzene rings is 5. The van der Waals surface area contributed by atoms with Crippen LogP contribution in [-0.2, 0) is 0 Å². The highest BCUT2D eigenvalue weighted by Gasteiger charge is 2.24. The minimum atomic E-state index is 0.796. The van der Waals surface area contributed by atoms with E-state index in [9.17, 15) is 0 Å². The molecule has 0 aliphatic carbocycles. The van der Waals surface area contributed by atoms with Gasteiger partial charge in [0, 0.05) is 10.8 Å². The second-order valence-corrected chi connectivity index (χ2v) is 9.39. The predicted molar refractivity (Wildman–Crippen MR) is 151 cm³/mol. The molecular weight excluding hydrogens is 454 g/mol. The summed E-state index contributed by atoms with van der Waals surface area (Å²) in [5.74, 6) is 0. The Balaban J connectivity index is 1.52. The summed E-state index contributed by atoms with van der Waals surface area (Å²) in [6, 6.07) is 44.2. The molecule has 0 aliphatic rings. The third kappa shape index (κ3) is 3.01. The average Bonchev–Trinajstić information content (AvgIpc) is 3.61. The standard InChI is InChI=1S/C34H21NO2/c1-3-11-22(12-4-1)24-19-25(23-13-5-2-6-14-23)21-26(20-24)35-33-31(27-15-7-9-17-29(27)36-33)32-28-16-8-10-18-30(28)37-34(32)35/h1-21H. The van der Waals surface area contributed by atoms with Gasteiger partial charge in [-0.05, 0) is 52.6 Å². The van der Waals surface area contributed by atoms with Crippen molar-refractivity contribution in [2.45, 2.75) is 0 Å². The highest BCUT2D eigenvalue weighted by atomic mass is 16.4. The fourth-order valence-corrected chi connectivity index (χ4v) is 5.52. The second-order valence-electron chi connectivity index (χ2n) is 9.39. The minimum Gasteiger partial charge on any atom is -0.439 e. The maximum atomic E-state index is 6.52. The molecule has 0 bridgehead atoms. The molecule has 0 unspecified atom stereocenters. The fourth-order valence-electron chi connectivity index (χ4n) is 5.52. The van der Waals surface area contributed by atoms with Gasteiger partial charge in [0.1, 0.15) is 11.2 Å². The molecular formula is C34H21NO2. The van der Waals surface area contributed by atoms with Crippen molar-refractivity contribution < 1.29 is 8.83 Å². The Morgan fingerprint density at radius 2 is 0.838 bits per heavy atom. The van der Waals surface area contributed by atoms with Crippen LogP contribution in [0.2, 0.25) is 0 Å². The van der Waals surface area contributed by atoms with Crippen molar-refractivity contribution in [1.29, 1.82) is 0 Å². The molecule has 8 rings (SSSR count). The Morgan fingerprint density at radius 3 is 1.32 bits per heavy atom. The lowest BCUT2D eigenvalue weighted by Gasteiger charge is -2.12. The maximum absolute atomic E-state index is 6.52. The number of rotatable bonds is 3. The molecule has 0 atom stereocenters. The van der Waals surface area contributed by atoms with Crippen LogP contribution in [0.1, 0.15) is 0 Å². The zero-order valence-electron chi connectivity index (χ0n) is 19.9. The van der Waals surface area contributed by atoms with E-state index in [1.807, 2.05) is 36.4 Å². The number of hydrogen-bond acceptors (Lipinski definition) is 2. The molecule has 0 amide bonds. The van der Waals surface area contributed by atoms with Crippen LogP contribution in [-0.4, -0.2) is 4.57 Å². The van der Waals surface area contributed by atoms with E-state index in [0.717, 1.165) is 72.1 Å². The number of fused-ring (bicyclic) bond motifs is 7. The summed E-state index contributed by atoms with van der Waals surface area (Å²) in [6.07, 6.45) is 0. The van der Waals surface area contributed by atoms with Crippen LogP contribution in [0.15, 0.2) is 136 Å². The summed E-state index contributed by atoms with van der Waals surface area (Å²) in [4.78, 5) is 0. The Labute approximate surface area is 212 Å². The zero-order chi connectivity index (χ0) is 24.3. The Bertz CT molecular complexity index is 1930. The third-order valence-corrected chi connectivity index (χ3v) is 7.20. The summed E-state index contributed by atoms with van der Waals surface area (Å²) >= 11 is 0. The number of aromatic nitrogens is 1. The fraction of sp³-hybridized carbons (Fsp3) is 0. The smallest absolute Gasteiger partial charge is 0.216 e. The highest BCUT2D eigenvalue weighted by Crippen LogP contribution is 2.44. The SMILES string of the molecule is c1ccc(-c2cc(-c3ccccc3)cc(-n3c4oc5ccccc5c4c4c5ccccc5oc43)c2)cc1. The molecule has 0 aliphatic heterocycles. The van der Waals surface area contributed by atoms with E-state index in [4.69, 9.17) is 8.83 Å². The topological polar surface area (TPSA) is 31.2 Å². The molecule has 3 heteroatoms. The van der Waals surface area contributed by atoms with E-state index in [1.165, 1.54) is 0 Å². The number of para-hydroxylation sites is 2. The monoisotopic (exact) mass is 475 g/mol. The molecule has 3 aromatic heterocycles. The third-order valence-electron chi connectivity index (χ3n) is 7.20. The van der Waals surface area contributed by atoms with E-state index < -0.39 is 0 Å². The first-order chi connectivity index (χ1) is 18.3. The van der Waals surface area contributed by atoms with Crippen molar-refractivity contribution in [1.82, 2.24) is 4.57 Å². The van der Waals surface area contributed by atoms with Crippen LogP contribution < -0.4 is 0 Å². The van der Waals surface area contributed by atoms with Crippen molar-refractivity contribution >= 4 is 44.1 Å². The highest BCUT2D eigenvalue weighted by molar-refractivity contribution is 6.26. The first-order valence-corrected chi connectivity index (χ1v) is 12.4. The quantitative estimate of drug-likeness (QED) is 0.255. The minimum absolute atomic E-state index is 0.796.